The van der Waals surface area contributed by atoms with Crippen LogP contribution < -0.4 is 0 Å². The van der Waals surface area contributed by atoms with Gasteiger partial charge in [0.25, 0.3) is 5.91 Å². The number of aromatic amines is 1. The van der Waals surface area contributed by atoms with Crippen LogP contribution in [0.5, 0.6) is 0 Å². The molecule has 1 aromatic heterocycles. The number of nitrogens with one attached hydrogen (secondary N) is 1. The largest absolute Gasteiger partial charge is 0.358 e. The van der Waals surface area contributed by atoms with Crippen molar-refractivity contribution in [2.24, 2.45) is 5.92 Å². The van der Waals surface area contributed by atoms with Crippen molar-refractivity contribution in [3.63, 3.8) is 0 Å². The third kappa shape index (κ3) is 5.58. The maximum atomic E-state index is 14.0. The molecule has 1 saturated carbocycles. The molecule has 1 amide bonds. The molecule has 0 radical (unpaired) electrons. The molecule has 1 N–H and O–H groups in total. The smallest absolute Gasteiger partial charge is 0.255 e. The Balaban J connectivity index is 1.11. The molecule has 37 heavy (non-hydrogen) atoms. The van der Waals surface area contributed by atoms with Gasteiger partial charge in [-0.3, -0.25) is 13.9 Å². The van der Waals surface area contributed by atoms with Gasteiger partial charge < -0.3 is 9.88 Å². The van der Waals surface area contributed by atoms with E-state index in [1.807, 2.05) is 4.90 Å². The van der Waals surface area contributed by atoms with E-state index in [2.05, 4.69) is 30.7 Å². The monoisotopic (exact) mass is 527 g/mol. The molecule has 2 aliphatic heterocycles. The minimum absolute atomic E-state index is 0.00247. The zero-order valence-electron chi connectivity index (χ0n) is 22.6. The van der Waals surface area contributed by atoms with Crippen LogP contribution in [0.1, 0.15) is 82.5 Å². The maximum absolute atomic E-state index is 14.0. The Bertz CT molecular complexity index is 1160. The molecule has 3 heterocycles. The number of rotatable bonds is 5. The topological polar surface area (TPSA) is 56.4 Å². The number of benzene rings is 1. The fourth-order valence-corrected chi connectivity index (χ4v) is 8.36. The molecule has 5 nitrogen and oxygen atoms in total. The van der Waals surface area contributed by atoms with Crippen molar-refractivity contribution in [3.8, 4) is 0 Å². The van der Waals surface area contributed by atoms with Gasteiger partial charge in [0, 0.05) is 65.1 Å². The van der Waals surface area contributed by atoms with Crippen LogP contribution in [-0.2, 0) is 10.8 Å². The van der Waals surface area contributed by atoms with E-state index >= 15 is 0 Å². The molecule has 0 spiro atoms. The van der Waals surface area contributed by atoms with Crippen LogP contribution in [-0.4, -0.2) is 67.6 Å². The van der Waals surface area contributed by atoms with E-state index in [1.165, 1.54) is 19.0 Å². The van der Waals surface area contributed by atoms with Gasteiger partial charge in [0.05, 0.1) is 11.1 Å². The van der Waals surface area contributed by atoms with Crippen LogP contribution in [0.4, 0.5) is 4.39 Å². The van der Waals surface area contributed by atoms with Crippen molar-refractivity contribution in [2.75, 3.05) is 26.2 Å². The standard InChI is InChI=1S/C30H42FN3O2S/c1-20(2)37(36)25-9-7-22(8-10-25)21(3)23-11-15-33(16-12-23)24-13-17-34(18-14-24)30(35)27-6-4-5-26-28(31)19-32-29(26)27/h4-6,19-20,22,24-25,32H,7-18H2,1-3H3. The van der Waals surface area contributed by atoms with Crippen molar-refractivity contribution in [1.82, 2.24) is 14.8 Å². The number of hydrogen-bond acceptors (Lipinski definition) is 3. The summed E-state index contributed by atoms with van der Waals surface area (Å²) in [6.07, 6.45) is 10.2. The van der Waals surface area contributed by atoms with Gasteiger partial charge >= 0.3 is 0 Å². The maximum Gasteiger partial charge on any atom is 0.255 e. The summed E-state index contributed by atoms with van der Waals surface area (Å²) in [5, 5.41) is 1.14. The fourth-order valence-electron chi connectivity index (χ4n) is 6.86. The molecule has 202 valence electrons. The van der Waals surface area contributed by atoms with Crippen LogP contribution >= 0.6 is 0 Å². The first-order chi connectivity index (χ1) is 17.8. The van der Waals surface area contributed by atoms with E-state index in [9.17, 15) is 13.4 Å². The first-order valence-corrected chi connectivity index (χ1v) is 15.5. The third-order valence-electron chi connectivity index (χ3n) is 9.20. The molecule has 1 unspecified atom stereocenters. The molecule has 2 aromatic rings. The lowest BCUT2D eigenvalue weighted by molar-refractivity contribution is 0.0609. The van der Waals surface area contributed by atoms with Crippen LogP contribution in [0.15, 0.2) is 35.5 Å². The molecular weight excluding hydrogens is 485 g/mol. The summed E-state index contributed by atoms with van der Waals surface area (Å²) in [6, 6.07) is 5.80. The highest BCUT2D eigenvalue weighted by molar-refractivity contribution is 7.86. The van der Waals surface area contributed by atoms with Crippen molar-refractivity contribution in [3.05, 3.63) is 46.9 Å². The Hall–Kier alpha value is -1.99. The third-order valence-corrected chi connectivity index (χ3v) is 11.3. The summed E-state index contributed by atoms with van der Waals surface area (Å²) in [5.41, 5.74) is 4.43. The van der Waals surface area contributed by atoms with Gasteiger partial charge in [-0.25, -0.2) is 4.39 Å². The zero-order valence-corrected chi connectivity index (χ0v) is 23.4. The number of nitrogens with zero attached hydrogens (tertiary/aromatic N) is 2. The number of para-hydroxylation sites is 1. The lowest BCUT2D eigenvalue weighted by Gasteiger charge is -2.41. The van der Waals surface area contributed by atoms with Crippen molar-refractivity contribution in [1.29, 1.82) is 0 Å². The Labute approximate surface area is 223 Å². The van der Waals surface area contributed by atoms with E-state index in [0.29, 0.717) is 33.7 Å². The lowest BCUT2D eigenvalue weighted by Crippen LogP contribution is -2.48. The van der Waals surface area contributed by atoms with Gasteiger partial charge in [0.1, 0.15) is 5.82 Å². The van der Waals surface area contributed by atoms with E-state index in [-0.39, 0.29) is 17.0 Å². The van der Waals surface area contributed by atoms with E-state index in [0.717, 1.165) is 64.7 Å². The van der Waals surface area contributed by atoms with E-state index < -0.39 is 10.8 Å². The highest BCUT2D eigenvalue weighted by Gasteiger charge is 2.32. The Morgan fingerprint density at radius 2 is 1.70 bits per heavy atom. The summed E-state index contributed by atoms with van der Waals surface area (Å²) in [7, 11) is -0.685. The van der Waals surface area contributed by atoms with Crippen molar-refractivity contribution < 1.29 is 13.4 Å². The number of carbonyl (C=O) groups is 1. The Morgan fingerprint density at radius 1 is 1.03 bits per heavy atom. The highest BCUT2D eigenvalue weighted by Crippen LogP contribution is 2.36. The molecule has 2 saturated heterocycles. The van der Waals surface area contributed by atoms with Gasteiger partial charge in [0.2, 0.25) is 0 Å². The molecule has 5 rings (SSSR count). The predicted molar refractivity (Wildman–Crippen MR) is 150 cm³/mol. The number of piperidine rings is 2. The fraction of sp³-hybridized carbons (Fsp3) is 0.633. The number of hydrogen-bond donors (Lipinski definition) is 1. The minimum Gasteiger partial charge on any atom is -0.358 e. The average molecular weight is 528 g/mol. The van der Waals surface area contributed by atoms with Gasteiger partial charge in [-0.05, 0) is 76.3 Å². The summed E-state index contributed by atoms with van der Waals surface area (Å²) in [6.45, 7) is 10.2. The van der Waals surface area contributed by atoms with Crippen molar-refractivity contribution >= 4 is 27.6 Å². The first kappa shape index (κ1) is 26.6. The molecule has 0 bridgehead atoms. The van der Waals surface area contributed by atoms with Crippen LogP contribution in [0.3, 0.4) is 0 Å². The number of amides is 1. The van der Waals surface area contributed by atoms with Crippen LogP contribution in [0, 0.1) is 11.7 Å². The van der Waals surface area contributed by atoms with Gasteiger partial charge in [-0.2, -0.15) is 0 Å². The molecule has 3 fully saturated rings. The van der Waals surface area contributed by atoms with Gasteiger partial charge in [-0.1, -0.05) is 31.1 Å². The number of aromatic nitrogens is 1. The SMILES string of the molecule is CC(=C1CCN(C2CCN(C(=O)c3cccc4c(F)c[nH]c34)CC2)CC1)C1CCC(S(=O)C(C)C)CC1. The minimum atomic E-state index is -0.685. The van der Waals surface area contributed by atoms with Gasteiger partial charge in [-0.15, -0.1) is 0 Å². The number of H-pyrrole nitrogens is 1. The van der Waals surface area contributed by atoms with Crippen molar-refractivity contribution in [2.45, 2.75) is 88.7 Å². The first-order valence-electron chi connectivity index (χ1n) is 14.2. The number of allylic oxidation sites excluding steroid dienone is 1. The Morgan fingerprint density at radius 3 is 2.35 bits per heavy atom. The summed E-state index contributed by atoms with van der Waals surface area (Å²) in [5.74, 6) is 0.360. The summed E-state index contributed by atoms with van der Waals surface area (Å²) >= 11 is 0. The quantitative estimate of drug-likeness (QED) is 0.483. The van der Waals surface area contributed by atoms with E-state index in [4.69, 9.17) is 0 Å². The number of carbonyl (C=O) groups excluding carboxylic acids is 1. The second kappa shape index (κ2) is 11.4. The van der Waals surface area contributed by atoms with E-state index in [1.54, 1.807) is 29.3 Å². The van der Waals surface area contributed by atoms with Crippen LogP contribution in [0.25, 0.3) is 10.9 Å². The molecule has 1 aliphatic carbocycles. The normalized spacial score (nSPS) is 25.1. The number of likely N-dealkylation sites (tertiary alicyclic amines) is 2. The zero-order chi connectivity index (χ0) is 26.1. The second-order valence-corrected chi connectivity index (χ2v) is 13.8. The lowest BCUT2D eigenvalue weighted by atomic mass is 9.80. The second-order valence-electron chi connectivity index (χ2n) is 11.6. The van der Waals surface area contributed by atoms with Crippen LogP contribution in [0.2, 0.25) is 0 Å². The molecular formula is C30H42FN3O2S. The molecule has 7 heteroatoms. The molecule has 1 atom stereocenters. The summed E-state index contributed by atoms with van der Waals surface area (Å²) < 4.78 is 26.5. The van der Waals surface area contributed by atoms with Gasteiger partial charge in [0.15, 0.2) is 0 Å². The summed E-state index contributed by atoms with van der Waals surface area (Å²) in [4.78, 5) is 20.7. The molecule has 1 aromatic carbocycles. The average Bonchev–Trinajstić information content (AvgIpc) is 3.33. The Kier molecular flexibility index (Phi) is 8.20. The highest BCUT2D eigenvalue weighted by atomic mass is 32.2. The number of fused-ring (bicyclic) bond motifs is 1. The predicted octanol–water partition coefficient (Wildman–Crippen LogP) is 6.04. The molecule has 3 aliphatic rings. The number of halogens is 1.